The van der Waals surface area contributed by atoms with Crippen molar-refractivity contribution in [1.29, 1.82) is 0 Å². The van der Waals surface area contributed by atoms with E-state index in [1.54, 1.807) is 6.07 Å². The normalized spacial score (nSPS) is 18.3. The Labute approximate surface area is 125 Å². The van der Waals surface area contributed by atoms with E-state index in [2.05, 4.69) is 10.5 Å². The van der Waals surface area contributed by atoms with Crippen LogP contribution in [0, 0.1) is 13.8 Å². The van der Waals surface area contributed by atoms with Crippen LogP contribution in [0.1, 0.15) is 53.6 Å². The van der Waals surface area contributed by atoms with Gasteiger partial charge in [-0.3, -0.25) is 4.79 Å². The maximum Gasteiger partial charge on any atom is 0.252 e. The zero-order valence-corrected chi connectivity index (χ0v) is 12.6. The van der Waals surface area contributed by atoms with E-state index in [0.717, 1.165) is 30.4 Å². The Morgan fingerprint density at radius 3 is 2.48 bits per heavy atom. The Bertz CT molecular complexity index is 561. The molecule has 0 spiro atoms. The first-order valence-electron chi connectivity index (χ1n) is 7.36. The molecular formula is C16H23N3O2. The first kappa shape index (κ1) is 15.4. The molecule has 0 saturated heterocycles. The van der Waals surface area contributed by atoms with Gasteiger partial charge in [0.1, 0.15) is 5.54 Å². The first-order valence-corrected chi connectivity index (χ1v) is 7.36. The number of oxime groups is 1. The van der Waals surface area contributed by atoms with Crippen molar-refractivity contribution in [2.45, 2.75) is 51.5 Å². The van der Waals surface area contributed by atoms with E-state index >= 15 is 0 Å². The number of nitrogens with one attached hydrogen (secondary N) is 1. The molecule has 4 N–H and O–H groups in total. The molecule has 2 rings (SSSR count). The molecule has 0 aliphatic heterocycles. The highest BCUT2D eigenvalue weighted by Gasteiger charge is 2.38. The molecular weight excluding hydrogens is 266 g/mol. The summed E-state index contributed by atoms with van der Waals surface area (Å²) in [4.78, 5) is 12.5. The number of carbonyl (C=O) groups excluding carboxylic acids is 1. The Morgan fingerprint density at radius 1 is 1.24 bits per heavy atom. The molecule has 0 atom stereocenters. The van der Waals surface area contributed by atoms with Crippen LogP contribution in [0.2, 0.25) is 0 Å². The highest BCUT2D eigenvalue weighted by Crippen LogP contribution is 2.29. The Kier molecular flexibility index (Phi) is 4.50. The van der Waals surface area contributed by atoms with E-state index in [1.165, 1.54) is 0 Å². The van der Waals surface area contributed by atoms with Crippen LogP contribution in [0.5, 0.6) is 0 Å². The third-order valence-corrected chi connectivity index (χ3v) is 4.43. The minimum Gasteiger partial charge on any atom is -0.409 e. The van der Waals surface area contributed by atoms with Crippen LogP contribution in [-0.2, 0) is 0 Å². The van der Waals surface area contributed by atoms with Crippen molar-refractivity contribution in [3.05, 3.63) is 34.9 Å². The molecule has 5 nitrogen and oxygen atoms in total. The van der Waals surface area contributed by atoms with E-state index in [4.69, 9.17) is 10.9 Å². The lowest BCUT2D eigenvalue weighted by Gasteiger charge is -2.36. The topological polar surface area (TPSA) is 87.7 Å². The second-order valence-electron chi connectivity index (χ2n) is 5.88. The van der Waals surface area contributed by atoms with Crippen LogP contribution in [0.3, 0.4) is 0 Å². The zero-order valence-electron chi connectivity index (χ0n) is 12.6. The number of hydrogen-bond acceptors (Lipinski definition) is 3. The lowest BCUT2D eigenvalue weighted by atomic mass is 9.80. The van der Waals surface area contributed by atoms with E-state index in [-0.39, 0.29) is 11.7 Å². The van der Waals surface area contributed by atoms with Gasteiger partial charge in [-0.2, -0.15) is 0 Å². The number of carbonyl (C=O) groups is 1. The van der Waals surface area contributed by atoms with Gasteiger partial charge >= 0.3 is 0 Å². The fourth-order valence-corrected chi connectivity index (χ4v) is 2.87. The molecule has 1 aromatic rings. The van der Waals surface area contributed by atoms with Gasteiger partial charge in [-0.05, 0) is 49.9 Å². The molecule has 1 aliphatic rings. The summed E-state index contributed by atoms with van der Waals surface area (Å²) in [5.74, 6) is -0.0778. The van der Waals surface area contributed by atoms with Gasteiger partial charge in [0.05, 0.1) is 0 Å². The van der Waals surface area contributed by atoms with Crippen molar-refractivity contribution >= 4 is 11.7 Å². The van der Waals surface area contributed by atoms with Crippen molar-refractivity contribution in [3.8, 4) is 0 Å². The van der Waals surface area contributed by atoms with Gasteiger partial charge in [-0.1, -0.05) is 30.5 Å². The van der Waals surface area contributed by atoms with E-state index < -0.39 is 5.54 Å². The number of hydrogen-bond donors (Lipinski definition) is 3. The summed E-state index contributed by atoms with van der Waals surface area (Å²) in [5, 5.41) is 15.2. The van der Waals surface area contributed by atoms with Gasteiger partial charge < -0.3 is 16.3 Å². The first-order chi connectivity index (χ1) is 9.98. The number of rotatable bonds is 3. The molecule has 1 aliphatic carbocycles. The lowest BCUT2D eigenvalue weighted by Crippen LogP contribution is -2.58. The zero-order chi connectivity index (χ0) is 15.5. The van der Waals surface area contributed by atoms with Gasteiger partial charge in [0.2, 0.25) is 0 Å². The maximum absolute atomic E-state index is 12.5. The van der Waals surface area contributed by atoms with Crippen molar-refractivity contribution in [1.82, 2.24) is 5.32 Å². The molecule has 0 aromatic heterocycles. The SMILES string of the molecule is Cc1ccc(C(=O)NC2(/C(N)=N/O)CCCCC2)cc1C. The highest BCUT2D eigenvalue weighted by molar-refractivity contribution is 6.00. The highest BCUT2D eigenvalue weighted by atomic mass is 16.4. The minimum atomic E-state index is -0.719. The van der Waals surface area contributed by atoms with Crippen LogP contribution in [0.25, 0.3) is 0 Å². The molecule has 1 aromatic carbocycles. The van der Waals surface area contributed by atoms with Gasteiger partial charge in [0.15, 0.2) is 5.84 Å². The van der Waals surface area contributed by atoms with E-state index in [1.807, 2.05) is 26.0 Å². The third-order valence-electron chi connectivity index (χ3n) is 4.43. The molecule has 114 valence electrons. The number of aryl methyl sites for hydroxylation is 2. The Morgan fingerprint density at radius 2 is 1.90 bits per heavy atom. The summed E-state index contributed by atoms with van der Waals surface area (Å²) in [7, 11) is 0. The van der Waals surface area contributed by atoms with Crippen LogP contribution in [0.4, 0.5) is 0 Å². The van der Waals surface area contributed by atoms with Gasteiger partial charge in [0.25, 0.3) is 5.91 Å². The van der Waals surface area contributed by atoms with Gasteiger partial charge in [-0.25, -0.2) is 0 Å². The van der Waals surface area contributed by atoms with E-state index in [9.17, 15) is 4.79 Å². The van der Waals surface area contributed by atoms with E-state index in [0.29, 0.717) is 18.4 Å². The summed E-state index contributed by atoms with van der Waals surface area (Å²) < 4.78 is 0. The Balaban J connectivity index is 2.23. The van der Waals surface area contributed by atoms with Gasteiger partial charge in [0, 0.05) is 5.56 Å². The molecule has 0 radical (unpaired) electrons. The standard InChI is InChI=1S/C16H23N3O2/c1-11-6-7-13(10-12(11)2)14(20)18-16(15(17)19-21)8-4-3-5-9-16/h6-7,10,21H,3-5,8-9H2,1-2H3,(H2,17,19)(H,18,20). The molecule has 1 amide bonds. The van der Waals surface area contributed by atoms with Crippen molar-refractivity contribution in [3.63, 3.8) is 0 Å². The fourth-order valence-electron chi connectivity index (χ4n) is 2.87. The molecule has 0 heterocycles. The molecule has 21 heavy (non-hydrogen) atoms. The smallest absolute Gasteiger partial charge is 0.252 e. The third kappa shape index (κ3) is 3.17. The number of amidine groups is 1. The largest absolute Gasteiger partial charge is 0.409 e. The summed E-state index contributed by atoms with van der Waals surface area (Å²) in [6.07, 6.45) is 4.45. The molecule has 0 bridgehead atoms. The summed E-state index contributed by atoms with van der Waals surface area (Å²) >= 11 is 0. The average Bonchev–Trinajstić information content (AvgIpc) is 2.50. The Hall–Kier alpha value is -2.04. The number of nitrogens with two attached hydrogens (primary N) is 1. The lowest BCUT2D eigenvalue weighted by molar-refractivity contribution is 0.0905. The molecule has 1 saturated carbocycles. The summed E-state index contributed by atoms with van der Waals surface area (Å²) in [6.45, 7) is 3.99. The number of nitrogens with zero attached hydrogens (tertiary/aromatic N) is 1. The van der Waals surface area contributed by atoms with Gasteiger partial charge in [-0.15, -0.1) is 0 Å². The summed E-state index contributed by atoms with van der Waals surface area (Å²) in [6, 6.07) is 5.61. The predicted octanol–water partition coefficient (Wildman–Crippen LogP) is 2.48. The van der Waals surface area contributed by atoms with Crippen LogP contribution >= 0.6 is 0 Å². The van der Waals surface area contributed by atoms with Crippen LogP contribution in [-0.4, -0.2) is 22.5 Å². The fraction of sp³-hybridized carbons (Fsp3) is 0.500. The number of benzene rings is 1. The predicted molar refractivity (Wildman–Crippen MR) is 82.6 cm³/mol. The van der Waals surface area contributed by atoms with Crippen molar-refractivity contribution < 1.29 is 10.0 Å². The quantitative estimate of drug-likeness (QED) is 0.346. The average molecular weight is 289 g/mol. The second kappa shape index (κ2) is 6.16. The molecule has 0 unspecified atom stereocenters. The van der Waals surface area contributed by atoms with Crippen molar-refractivity contribution in [2.75, 3.05) is 0 Å². The number of amides is 1. The minimum absolute atomic E-state index is 0.0967. The molecule has 1 fully saturated rings. The maximum atomic E-state index is 12.5. The second-order valence-corrected chi connectivity index (χ2v) is 5.88. The van der Waals surface area contributed by atoms with Crippen LogP contribution in [0.15, 0.2) is 23.4 Å². The van der Waals surface area contributed by atoms with Crippen molar-refractivity contribution in [2.24, 2.45) is 10.9 Å². The molecule has 5 heteroatoms. The summed E-state index contributed by atoms with van der Waals surface area (Å²) in [5.41, 5.74) is 7.96. The van der Waals surface area contributed by atoms with Crippen LogP contribution < -0.4 is 11.1 Å². The monoisotopic (exact) mass is 289 g/mol.